The molecule has 0 aliphatic rings. The molecule has 0 bridgehead atoms. The second-order valence-electron chi connectivity index (χ2n) is 4.71. The van der Waals surface area contributed by atoms with Crippen LogP contribution >= 0.6 is 0 Å². The highest BCUT2D eigenvalue weighted by atomic mass is 16.5. The van der Waals surface area contributed by atoms with Crippen LogP contribution in [0.15, 0.2) is 6.07 Å². The number of anilines is 2. The monoisotopic (exact) mass is 268 g/mol. The van der Waals surface area contributed by atoms with Crippen LogP contribution in [0.4, 0.5) is 11.6 Å². The average Bonchev–Trinajstić information content (AvgIpc) is 2.36. The van der Waals surface area contributed by atoms with Crippen molar-refractivity contribution < 1.29 is 9.84 Å². The lowest BCUT2D eigenvalue weighted by Crippen LogP contribution is -2.25. The van der Waals surface area contributed by atoms with E-state index in [0.29, 0.717) is 24.8 Å². The maximum atomic E-state index is 9.79. The number of aromatic nitrogens is 2. The largest absolute Gasteiger partial charge is 0.391 e. The first-order valence-corrected chi connectivity index (χ1v) is 6.59. The van der Waals surface area contributed by atoms with Gasteiger partial charge in [0.15, 0.2) is 5.82 Å². The van der Waals surface area contributed by atoms with Gasteiger partial charge in [0.25, 0.3) is 0 Å². The van der Waals surface area contributed by atoms with Crippen LogP contribution in [0.5, 0.6) is 0 Å². The standard InChI is InChI=1S/C13H24N4O2/c1-5-14-11-6-12(15-7-10(18)9(2)3)17-13(16-11)8-19-4/h6,9-10,18H,5,7-8H2,1-4H3,(H2,14,15,16,17). The smallest absolute Gasteiger partial charge is 0.158 e. The fourth-order valence-corrected chi connectivity index (χ4v) is 1.50. The van der Waals surface area contributed by atoms with Crippen molar-refractivity contribution in [2.24, 2.45) is 5.92 Å². The summed E-state index contributed by atoms with van der Waals surface area (Å²) in [5.74, 6) is 2.27. The molecule has 0 aliphatic heterocycles. The van der Waals surface area contributed by atoms with Gasteiger partial charge in [-0.05, 0) is 12.8 Å². The number of hydrogen-bond acceptors (Lipinski definition) is 6. The predicted molar refractivity (Wildman–Crippen MR) is 76.2 cm³/mol. The number of nitrogens with zero attached hydrogens (tertiary/aromatic N) is 2. The van der Waals surface area contributed by atoms with E-state index in [1.807, 2.05) is 26.8 Å². The van der Waals surface area contributed by atoms with Crippen LogP contribution in [0.2, 0.25) is 0 Å². The van der Waals surface area contributed by atoms with Gasteiger partial charge in [-0.25, -0.2) is 9.97 Å². The zero-order valence-corrected chi connectivity index (χ0v) is 12.1. The summed E-state index contributed by atoms with van der Waals surface area (Å²) in [6.07, 6.45) is -0.400. The topological polar surface area (TPSA) is 79.3 Å². The summed E-state index contributed by atoms with van der Waals surface area (Å²) in [6.45, 7) is 7.58. The Morgan fingerprint density at radius 2 is 1.89 bits per heavy atom. The van der Waals surface area contributed by atoms with Gasteiger partial charge in [0.2, 0.25) is 0 Å². The molecule has 0 amide bonds. The lowest BCUT2D eigenvalue weighted by molar-refractivity contribution is 0.138. The summed E-state index contributed by atoms with van der Waals surface area (Å²) < 4.78 is 5.05. The van der Waals surface area contributed by atoms with Crippen molar-refractivity contribution in [1.29, 1.82) is 0 Å². The van der Waals surface area contributed by atoms with E-state index in [1.54, 1.807) is 7.11 Å². The molecule has 0 aromatic carbocycles. The van der Waals surface area contributed by atoms with E-state index < -0.39 is 6.10 Å². The van der Waals surface area contributed by atoms with E-state index in [-0.39, 0.29) is 5.92 Å². The second kappa shape index (κ2) is 7.91. The molecule has 1 unspecified atom stereocenters. The Hall–Kier alpha value is -1.40. The number of methoxy groups -OCH3 is 1. The Bertz CT molecular complexity index is 361. The molecule has 0 saturated carbocycles. The second-order valence-corrected chi connectivity index (χ2v) is 4.71. The molecule has 0 fully saturated rings. The molecule has 1 rings (SSSR count). The van der Waals surface area contributed by atoms with Gasteiger partial charge in [0, 0.05) is 26.3 Å². The molecule has 1 aromatic heterocycles. The Labute approximate surface area is 114 Å². The van der Waals surface area contributed by atoms with E-state index in [0.717, 1.165) is 12.4 Å². The van der Waals surface area contributed by atoms with E-state index in [2.05, 4.69) is 20.6 Å². The third kappa shape index (κ3) is 5.40. The highest BCUT2D eigenvalue weighted by Gasteiger charge is 2.10. The van der Waals surface area contributed by atoms with Crippen LogP contribution in [0.1, 0.15) is 26.6 Å². The van der Waals surface area contributed by atoms with Gasteiger partial charge in [-0.3, -0.25) is 0 Å². The number of aliphatic hydroxyl groups excluding tert-OH is 1. The van der Waals surface area contributed by atoms with Gasteiger partial charge in [-0.2, -0.15) is 0 Å². The lowest BCUT2D eigenvalue weighted by atomic mass is 10.1. The Morgan fingerprint density at radius 1 is 1.26 bits per heavy atom. The van der Waals surface area contributed by atoms with Crippen molar-refractivity contribution in [2.45, 2.75) is 33.5 Å². The summed E-state index contributed by atoms with van der Waals surface area (Å²) in [5, 5.41) is 16.1. The first kappa shape index (κ1) is 15.7. The predicted octanol–water partition coefficient (Wildman–Crippen LogP) is 1.48. The molecule has 0 spiro atoms. The van der Waals surface area contributed by atoms with Gasteiger partial charge in [0.05, 0.1) is 6.10 Å². The quantitative estimate of drug-likeness (QED) is 0.663. The maximum Gasteiger partial charge on any atom is 0.158 e. The SMILES string of the molecule is CCNc1cc(NCC(O)C(C)C)nc(COC)n1. The van der Waals surface area contributed by atoms with Crippen molar-refractivity contribution in [3.8, 4) is 0 Å². The molecular weight excluding hydrogens is 244 g/mol. The van der Waals surface area contributed by atoms with Crippen LogP contribution in [-0.2, 0) is 11.3 Å². The van der Waals surface area contributed by atoms with Gasteiger partial charge < -0.3 is 20.5 Å². The van der Waals surface area contributed by atoms with Crippen molar-refractivity contribution in [1.82, 2.24) is 9.97 Å². The third-order valence-electron chi connectivity index (χ3n) is 2.67. The molecule has 3 N–H and O–H groups in total. The number of hydrogen-bond donors (Lipinski definition) is 3. The number of nitrogens with one attached hydrogen (secondary N) is 2. The summed E-state index contributed by atoms with van der Waals surface area (Å²) in [6, 6.07) is 1.83. The van der Waals surface area contributed by atoms with Gasteiger partial charge in [-0.15, -0.1) is 0 Å². The van der Waals surface area contributed by atoms with Crippen LogP contribution < -0.4 is 10.6 Å². The third-order valence-corrected chi connectivity index (χ3v) is 2.67. The molecule has 6 heteroatoms. The van der Waals surface area contributed by atoms with Crippen LogP contribution in [0.3, 0.4) is 0 Å². The minimum Gasteiger partial charge on any atom is -0.391 e. The number of aliphatic hydroxyl groups is 1. The maximum absolute atomic E-state index is 9.79. The fourth-order valence-electron chi connectivity index (χ4n) is 1.50. The molecule has 0 radical (unpaired) electrons. The molecule has 19 heavy (non-hydrogen) atoms. The molecule has 6 nitrogen and oxygen atoms in total. The van der Waals surface area contributed by atoms with Crippen LogP contribution in [0, 0.1) is 5.92 Å². The van der Waals surface area contributed by atoms with Gasteiger partial charge in [0.1, 0.15) is 18.2 Å². The molecule has 0 aliphatic carbocycles. The Balaban J connectivity index is 2.74. The molecule has 108 valence electrons. The van der Waals surface area contributed by atoms with E-state index in [9.17, 15) is 5.11 Å². The number of ether oxygens (including phenoxy) is 1. The summed E-state index contributed by atoms with van der Waals surface area (Å²) in [4.78, 5) is 8.66. The molecular formula is C13H24N4O2. The normalized spacial score (nSPS) is 12.5. The zero-order valence-electron chi connectivity index (χ0n) is 12.1. The van der Waals surface area contributed by atoms with Gasteiger partial charge >= 0.3 is 0 Å². The van der Waals surface area contributed by atoms with Crippen molar-refractivity contribution in [2.75, 3.05) is 30.8 Å². The minimum atomic E-state index is -0.400. The Morgan fingerprint density at radius 3 is 2.42 bits per heavy atom. The molecule has 1 aromatic rings. The summed E-state index contributed by atoms with van der Waals surface area (Å²) >= 11 is 0. The zero-order chi connectivity index (χ0) is 14.3. The van der Waals surface area contributed by atoms with E-state index >= 15 is 0 Å². The van der Waals surface area contributed by atoms with Crippen molar-refractivity contribution >= 4 is 11.6 Å². The van der Waals surface area contributed by atoms with E-state index in [4.69, 9.17) is 4.74 Å². The Kier molecular flexibility index (Phi) is 6.52. The van der Waals surface area contributed by atoms with Crippen LogP contribution in [0.25, 0.3) is 0 Å². The minimum absolute atomic E-state index is 0.209. The molecule has 0 saturated heterocycles. The first-order chi connectivity index (χ1) is 9.06. The molecule has 1 heterocycles. The van der Waals surface area contributed by atoms with Crippen molar-refractivity contribution in [3.05, 3.63) is 11.9 Å². The fraction of sp³-hybridized carbons (Fsp3) is 0.692. The van der Waals surface area contributed by atoms with Crippen molar-refractivity contribution in [3.63, 3.8) is 0 Å². The van der Waals surface area contributed by atoms with Gasteiger partial charge in [-0.1, -0.05) is 13.8 Å². The summed E-state index contributed by atoms with van der Waals surface area (Å²) in [5.41, 5.74) is 0. The number of rotatable bonds is 8. The highest BCUT2D eigenvalue weighted by molar-refractivity contribution is 5.47. The first-order valence-electron chi connectivity index (χ1n) is 6.59. The average molecular weight is 268 g/mol. The highest BCUT2D eigenvalue weighted by Crippen LogP contribution is 2.12. The lowest BCUT2D eigenvalue weighted by Gasteiger charge is -2.16. The summed E-state index contributed by atoms with van der Waals surface area (Å²) in [7, 11) is 1.61. The van der Waals surface area contributed by atoms with E-state index in [1.165, 1.54) is 0 Å². The van der Waals surface area contributed by atoms with Crippen LogP contribution in [-0.4, -0.2) is 41.4 Å². The molecule has 1 atom stereocenters.